The lowest BCUT2D eigenvalue weighted by Gasteiger charge is -2.19. The van der Waals surface area contributed by atoms with E-state index in [0.717, 1.165) is 36.5 Å². The largest absolute Gasteiger partial charge is 0.416 e. The number of halogens is 3. The second kappa shape index (κ2) is 7.42. The predicted octanol–water partition coefficient (Wildman–Crippen LogP) is 4.56. The molecule has 1 amide bonds. The van der Waals surface area contributed by atoms with Gasteiger partial charge in [-0.05, 0) is 48.9 Å². The van der Waals surface area contributed by atoms with Crippen LogP contribution in [-0.4, -0.2) is 30.1 Å². The van der Waals surface area contributed by atoms with E-state index < -0.39 is 11.7 Å². The van der Waals surface area contributed by atoms with Crippen molar-refractivity contribution >= 4 is 17.3 Å². The van der Waals surface area contributed by atoms with Gasteiger partial charge in [0.2, 0.25) is 0 Å². The Morgan fingerprint density at radius 3 is 2.26 bits per heavy atom. The van der Waals surface area contributed by atoms with Crippen molar-refractivity contribution in [2.45, 2.75) is 26.1 Å². The van der Waals surface area contributed by atoms with E-state index in [1.807, 2.05) is 24.1 Å². The van der Waals surface area contributed by atoms with Crippen LogP contribution in [0.1, 0.15) is 34.8 Å². The summed E-state index contributed by atoms with van der Waals surface area (Å²) in [5.41, 5.74) is 2.46. The molecular formula is C20H20F3N3O. The third kappa shape index (κ3) is 4.48. The SMILES string of the molecule is CC1=NN(c2ccc(C(=O)N(C)Cc3ccc(C(F)(F)F)cc3)cc2)CC1. The summed E-state index contributed by atoms with van der Waals surface area (Å²) in [7, 11) is 1.63. The van der Waals surface area contributed by atoms with Gasteiger partial charge < -0.3 is 4.90 Å². The first kappa shape index (κ1) is 18.9. The molecule has 142 valence electrons. The quantitative estimate of drug-likeness (QED) is 0.785. The zero-order valence-corrected chi connectivity index (χ0v) is 15.1. The zero-order valence-electron chi connectivity index (χ0n) is 15.1. The smallest absolute Gasteiger partial charge is 0.337 e. The van der Waals surface area contributed by atoms with Crippen LogP contribution in [0.15, 0.2) is 53.6 Å². The number of alkyl halides is 3. The third-order valence-electron chi connectivity index (χ3n) is 4.44. The molecule has 0 saturated heterocycles. The molecule has 1 aliphatic heterocycles. The molecule has 2 aromatic carbocycles. The Bertz CT molecular complexity index is 842. The van der Waals surface area contributed by atoms with Crippen molar-refractivity contribution in [2.24, 2.45) is 5.10 Å². The molecule has 1 heterocycles. The normalized spacial score (nSPS) is 14.3. The van der Waals surface area contributed by atoms with Crippen LogP contribution in [0, 0.1) is 0 Å². The highest BCUT2D eigenvalue weighted by molar-refractivity contribution is 5.94. The van der Waals surface area contributed by atoms with Gasteiger partial charge in [0, 0.05) is 37.8 Å². The first-order valence-corrected chi connectivity index (χ1v) is 8.57. The fourth-order valence-electron chi connectivity index (χ4n) is 2.90. The predicted molar refractivity (Wildman–Crippen MR) is 98.8 cm³/mol. The number of carbonyl (C=O) groups excluding carboxylic acids is 1. The van der Waals surface area contributed by atoms with E-state index in [-0.39, 0.29) is 12.5 Å². The van der Waals surface area contributed by atoms with Gasteiger partial charge in [-0.15, -0.1) is 0 Å². The molecule has 0 saturated carbocycles. The molecule has 3 rings (SSSR count). The Hall–Kier alpha value is -2.83. The third-order valence-corrected chi connectivity index (χ3v) is 4.44. The van der Waals surface area contributed by atoms with E-state index in [1.165, 1.54) is 17.0 Å². The van der Waals surface area contributed by atoms with E-state index in [2.05, 4.69) is 5.10 Å². The summed E-state index contributed by atoms with van der Waals surface area (Å²) in [4.78, 5) is 14.0. The fraction of sp³-hybridized carbons (Fsp3) is 0.300. The van der Waals surface area contributed by atoms with Crippen LogP contribution < -0.4 is 5.01 Å². The highest BCUT2D eigenvalue weighted by atomic mass is 19.4. The van der Waals surface area contributed by atoms with Gasteiger partial charge in [0.1, 0.15) is 0 Å². The molecule has 0 spiro atoms. The van der Waals surface area contributed by atoms with Gasteiger partial charge in [-0.1, -0.05) is 12.1 Å². The summed E-state index contributed by atoms with van der Waals surface area (Å²) in [5.74, 6) is -0.192. The van der Waals surface area contributed by atoms with Crippen molar-refractivity contribution in [3.8, 4) is 0 Å². The Morgan fingerprint density at radius 2 is 1.74 bits per heavy atom. The first-order chi connectivity index (χ1) is 12.7. The van der Waals surface area contributed by atoms with E-state index >= 15 is 0 Å². The minimum atomic E-state index is -4.36. The molecule has 0 atom stereocenters. The Morgan fingerprint density at radius 1 is 1.11 bits per heavy atom. The maximum atomic E-state index is 12.6. The van der Waals surface area contributed by atoms with Crippen molar-refractivity contribution < 1.29 is 18.0 Å². The van der Waals surface area contributed by atoms with Crippen LogP contribution >= 0.6 is 0 Å². The lowest BCUT2D eigenvalue weighted by atomic mass is 10.1. The summed E-state index contributed by atoms with van der Waals surface area (Å²) >= 11 is 0. The number of hydrogen-bond donors (Lipinski definition) is 0. The van der Waals surface area contributed by atoms with Crippen molar-refractivity contribution in [3.63, 3.8) is 0 Å². The van der Waals surface area contributed by atoms with Gasteiger partial charge in [0.15, 0.2) is 0 Å². The molecule has 4 nitrogen and oxygen atoms in total. The van der Waals surface area contributed by atoms with Crippen LogP contribution in [0.4, 0.5) is 18.9 Å². The lowest BCUT2D eigenvalue weighted by molar-refractivity contribution is -0.137. The number of nitrogens with zero attached hydrogens (tertiary/aromatic N) is 3. The minimum absolute atomic E-state index is 0.192. The van der Waals surface area contributed by atoms with Crippen LogP contribution in [-0.2, 0) is 12.7 Å². The zero-order chi connectivity index (χ0) is 19.6. The molecule has 1 aliphatic rings. The number of rotatable bonds is 4. The molecule has 7 heteroatoms. The second-order valence-corrected chi connectivity index (χ2v) is 6.61. The molecule has 0 bridgehead atoms. The van der Waals surface area contributed by atoms with E-state index in [4.69, 9.17) is 0 Å². The summed E-state index contributed by atoms with van der Waals surface area (Å²) in [6.45, 7) is 3.04. The van der Waals surface area contributed by atoms with Gasteiger partial charge >= 0.3 is 6.18 Å². The van der Waals surface area contributed by atoms with Gasteiger partial charge in [0.05, 0.1) is 11.3 Å². The molecule has 0 radical (unpaired) electrons. The second-order valence-electron chi connectivity index (χ2n) is 6.61. The highest BCUT2D eigenvalue weighted by Gasteiger charge is 2.30. The first-order valence-electron chi connectivity index (χ1n) is 8.57. The Balaban J connectivity index is 1.65. The molecule has 2 aromatic rings. The summed E-state index contributed by atoms with van der Waals surface area (Å²) in [5, 5.41) is 6.32. The maximum Gasteiger partial charge on any atom is 0.416 e. The highest BCUT2D eigenvalue weighted by Crippen LogP contribution is 2.29. The Labute approximate surface area is 155 Å². The van der Waals surface area contributed by atoms with Crippen LogP contribution in [0.2, 0.25) is 0 Å². The molecule has 0 N–H and O–H groups in total. The average Bonchev–Trinajstić information content (AvgIpc) is 3.07. The number of carbonyl (C=O) groups is 1. The monoisotopic (exact) mass is 375 g/mol. The fourth-order valence-corrected chi connectivity index (χ4v) is 2.90. The summed E-state index contributed by atoms with van der Waals surface area (Å²) in [6.07, 6.45) is -3.43. The van der Waals surface area contributed by atoms with Crippen LogP contribution in [0.25, 0.3) is 0 Å². The Kier molecular flexibility index (Phi) is 5.21. The van der Waals surface area contributed by atoms with Crippen molar-refractivity contribution in [1.82, 2.24) is 4.90 Å². The topological polar surface area (TPSA) is 35.9 Å². The number of amides is 1. The molecule has 27 heavy (non-hydrogen) atoms. The molecule has 0 aliphatic carbocycles. The van der Waals surface area contributed by atoms with Gasteiger partial charge in [-0.3, -0.25) is 9.80 Å². The summed E-state index contributed by atoms with van der Waals surface area (Å²) < 4.78 is 37.9. The number of hydrazone groups is 1. The minimum Gasteiger partial charge on any atom is -0.337 e. The maximum absolute atomic E-state index is 12.6. The van der Waals surface area contributed by atoms with Gasteiger partial charge in [-0.25, -0.2) is 0 Å². The standard InChI is InChI=1S/C20H20F3N3O/c1-14-11-12-26(24-14)18-9-5-16(6-10-18)19(27)25(2)13-15-3-7-17(8-4-15)20(21,22)23/h3-10H,11-13H2,1-2H3. The number of hydrogen-bond acceptors (Lipinski definition) is 3. The molecule has 0 aromatic heterocycles. The summed E-state index contributed by atoms with van der Waals surface area (Å²) in [6, 6.07) is 12.0. The molecule has 0 unspecified atom stereocenters. The van der Waals surface area contributed by atoms with Crippen LogP contribution in [0.3, 0.4) is 0 Å². The van der Waals surface area contributed by atoms with Gasteiger partial charge in [-0.2, -0.15) is 18.3 Å². The van der Waals surface area contributed by atoms with Crippen molar-refractivity contribution in [3.05, 3.63) is 65.2 Å². The average molecular weight is 375 g/mol. The van der Waals surface area contributed by atoms with E-state index in [1.54, 1.807) is 19.2 Å². The van der Waals surface area contributed by atoms with E-state index in [9.17, 15) is 18.0 Å². The van der Waals surface area contributed by atoms with Crippen LogP contribution in [0.5, 0.6) is 0 Å². The number of benzene rings is 2. The van der Waals surface area contributed by atoms with Crippen molar-refractivity contribution in [2.75, 3.05) is 18.6 Å². The van der Waals surface area contributed by atoms with E-state index in [0.29, 0.717) is 11.1 Å². The molecular weight excluding hydrogens is 355 g/mol. The van der Waals surface area contributed by atoms with Gasteiger partial charge in [0.25, 0.3) is 5.91 Å². The number of anilines is 1. The van der Waals surface area contributed by atoms with Crippen molar-refractivity contribution in [1.29, 1.82) is 0 Å². The molecule has 0 fully saturated rings. The lowest BCUT2D eigenvalue weighted by Crippen LogP contribution is -2.26.